The lowest BCUT2D eigenvalue weighted by Gasteiger charge is -2.55. The first kappa shape index (κ1) is 27.1. The van der Waals surface area contributed by atoms with Crippen molar-refractivity contribution in [2.24, 2.45) is 29.4 Å². The van der Waals surface area contributed by atoms with Crippen LogP contribution in [0.15, 0.2) is 46.9 Å². The van der Waals surface area contributed by atoms with Crippen molar-refractivity contribution in [1.82, 2.24) is 4.90 Å². The molecule has 202 valence electrons. The van der Waals surface area contributed by atoms with Crippen molar-refractivity contribution in [1.29, 1.82) is 0 Å². The van der Waals surface area contributed by atoms with E-state index in [1.54, 1.807) is 36.4 Å². The summed E-state index contributed by atoms with van der Waals surface area (Å²) in [5, 5.41) is 34.2. The second kappa shape index (κ2) is 9.30. The van der Waals surface area contributed by atoms with Gasteiger partial charge in [-0.15, -0.1) is 0 Å². The van der Waals surface area contributed by atoms with Gasteiger partial charge in [0.15, 0.2) is 34.7 Å². The minimum absolute atomic E-state index is 0.195. The first-order valence-electron chi connectivity index (χ1n) is 12.1. The van der Waals surface area contributed by atoms with E-state index in [2.05, 4.69) is 15.9 Å². The number of benzene rings is 2. The minimum atomic E-state index is -3.05. The maximum absolute atomic E-state index is 14.1. The van der Waals surface area contributed by atoms with Crippen LogP contribution in [0.3, 0.4) is 0 Å². The first-order chi connectivity index (χ1) is 18.3. The SMILES string of the molecule is CN(C)[C@@H]1C(=O)C(C(N)=O)C(=O)[C@@]2(O)C(=O)C3C(=O)c4c(O)cccc4C(=Cc4ccc(Br)cc4)[C@H]3[C@H](O)[C@@H]12. The van der Waals surface area contributed by atoms with Crippen molar-refractivity contribution >= 4 is 56.6 Å². The molecule has 5 N–H and O–H groups in total. The number of phenols is 1. The van der Waals surface area contributed by atoms with Gasteiger partial charge in [-0.3, -0.25) is 28.9 Å². The smallest absolute Gasteiger partial charge is 0.235 e. The van der Waals surface area contributed by atoms with Crippen LogP contribution in [-0.2, 0) is 19.2 Å². The summed E-state index contributed by atoms with van der Waals surface area (Å²) in [6.07, 6.45) is -0.105. The van der Waals surface area contributed by atoms with Crippen LogP contribution in [0.25, 0.3) is 11.6 Å². The minimum Gasteiger partial charge on any atom is -0.507 e. The zero-order valence-corrected chi connectivity index (χ0v) is 22.5. The van der Waals surface area contributed by atoms with Crippen LogP contribution < -0.4 is 5.73 Å². The molecule has 0 aromatic heterocycles. The van der Waals surface area contributed by atoms with Crippen LogP contribution in [0.1, 0.15) is 21.5 Å². The highest BCUT2D eigenvalue weighted by molar-refractivity contribution is 9.10. The second-order valence-electron chi connectivity index (χ2n) is 10.4. The van der Waals surface area contributed by atoms with Gasteiger partial charge in [0.2, 0.25) is 5.91 Å². The summed E-state index contributed by atoms with van der Waals surface area (Å²) in [4.78, 5) is 68.1. The average Bonchev–Trinajstić information content (AvgIpc) is 2.86. The number of carbonyl (C=O) groups excluding carboxylic acids is 5. The zero-order valence-electron chi connectivity index (χ0n) is 20.9. The highest BCUT2D eigenvalue weighted by atomic mass is 79.9. The van der Waals surface area contributed by atoms with E-state index >= 15 is 0 Å². The molecule has 2 unspecified atom stereocenters. The predicted octanol–water partition coefficient (Wildman–Crippen LogP) is 0.598. The number of Topliss-reactive ketones (excluding diaryl/α,β-unsaturated/α-hetero) is 4. The van der Waals surface area contributed by atoms with Crippen LogP contribution in [0.2, 0.25) is 0 Å². The van der Waals surface area contributed by atoms with E-state index in [0.29, 0.717) is 11.1 Å². The van der Waals surface area contributed by atoms with Crippen LogP contribution in [0.5, 0.6) is 5.75 Å². The summed E-state index contributed by atoms with van der Waals surface area (Å²) in [7, 11) is 2.89. The zero-order chi connectivity index (χ0) is 28.5. The highest BCUT2D eigenvalue weighted by Gasteiger charge is 2.72. The van der Waals surface area contributed by atoms with E-state index < -0.39 is 76.2 Å². The van der Waals surface area contributed by atoms with Crippen molar-refractivity contribution in [2.45, 2.75) is 17.7 Å². The van der Waals surface area contributed by atoms with Gasteiger partial charge < -0.3 is 21.1 Å². The number of nitrogens with zero attached hydrogens (tertiary/aromatic N) is 1. The molecule has 0 saturated heterocycles. The maximum atomic E-state index is 14.1. The molecule has 1 amide bonds. The normalized spacial score (nSPS) is 33.1. The number of primary amides is 1. The molecule has 0 spiro atoms. The third kappa shape index (κ3) is 3.75. The molecule has 0 radical (unpaired) electrons. The molecule has 11 heteroatoms. The van der Waals surface area contributed by atoms with Crippen molar-refractivity contribution < 1.29 is 39.3 Å². The molecule has 39 heavy (non-hydrogen) atoms. The Kier molecular flexibility index (Phi) is 6.46. The second-order valence-corrected chi connectivity index (χ2v) is 11.3. The van der Waals surface area contributed by atoms with Crippen molar-refractivity contribution in [3.05, 3.63) is 63.6 Å². The van der Waals surface area contributed by atoms with Crippen molar-refractivity contribution in [2.75, 3.05) is 14.1 Å². The average molecular weight is 597 g/mol. The number of likely N-dealkylation sites (N-methyl/N-ethyl adjacent to an activating group) is 1. The Morgan fingerprint density at radius 2 is 1.69 bits per heavy atom. The third-order valence-electron chi connectivity index (χ3n) is 8.06. The number of nitrogens with two attached hydrogens (primary N) is 1. The fourth-order valence-electron chi connectivity index (χ4n) is 6.41. The molecule has 2 saturated carbocycles. The first-order valence-corrected chi connectivity index (χ1v) is 12.9. The van der Waals surface area contributed by atoms with Gasteiger partial charge in [-0.05, 0) is 49.0 Å². The number of fused-ring (bicyclic) bond motifs is 3. The Morgan fingerprint density at radius 3 is 2.28 bits per heavy atom. The number of phenolic OH excluding ortho intramolecular Hbond substituents is 1. The molecule has 5 rings (SSSR count). The van der Waals surface area contributed by atoms with Gasteiger partial charge in [-0.2, -0.15) is 0 Å². The van der Waals surface area contributed by atoms with Crippen LogP contribution >= 0.6 is 15.9 Å². The number of hydrogen-bond acceptors (Lipinski definition) is 9. The summed E-state index contributed by atoms with van der Waals surface area (Å²) < 4.78 is 0.800. The largest absolute Gasteiger partial charge is 0.507 e. The van der Waals surface area contributed by atoms with Gasteiger partial charge in [0.05, 0.1) is 29.5 Å². The number of aliphatic hydroxyl groups excluding tert-OH is 1. The number of aromatic hydroxyl groups is 1. The number of hydrogen-bond donors (Lipinski definition) is 4. The van der Waals surface area contributed by atoms with Crippen LogP contribution in [0, 0.1) is 23.7 Å². The molecule has 3 aliphatic rings. The maximum Gasteiger partial charge on any atom is 0.235 e. The lowest BCUT2D eigenvalue weighted by Crippen LogP contribution is -2.77. The van der Waals surface area contributed by atoms with E-state index in [4.69, 9.17) is 5.73 Å². The van der Waals surface area contributed by atoms with Gasteiger partial charge in [0.1, 0.15) is 5.75 Å². The number of carbonyl (C=O) groups is 5. The molecule has 2 fully saturated rings. The number of halogens is 1. The topological polar surface area (TPSA) is 175 Å². The lowest BCUT2D eigenvalue weighted by atomic mass is 9.50. The summed E-state index contributed by atoms with van der Waals surface area (Å²) in [5.74, 6) is -13.2. The van der Waals surface area contributed by atoms with Crippen LogP contribution in [0.4, 0.5) is 0 Å². The summed E-state index contributed by atoms with van der Waals surface area (Å²) in [6, 6.07) is 9.96. The van der Waals surface area contributed by atoms with E-state index in [9.17, 15) is 39.3 Å². The Hall–Kier alpha value is -3.51. The highest BCUT2D eigenvalue weighted by Crippen LogP contribution is 2.54. The van der Waals surface area contributed by atoms with Gasteiger partial charge in [0, 0.05) is 10.4 Å². The number of amides is 1. The Morgan fingerprint density at radius 1 is 1.05 bits per heavy atom. The molecule has 0 heterocycles. The fraction of sp³-hybridized carbons (Fsp3) is 0.321. The predicted molar refractivity (Wildman–Crippen MR) is 141 cm³/mol. The number of ketones is 4. The Balaban J connectivity index is 1.79. The summed E-state index contributed by atoms with van der Waals surface area (Å²) >= 11 is 3.36. The van der Waals surface area contributed by atoms with E-state index in [0.717, 1.165) is 4.47 Å². The third-order valence-corrected chi connectivity index (χ3v) is 8.59. The Labute approximate surface area is 231 Å². The molecule has 2 aromatic rings. The van der Waals surface area contributed by atoms with Gasteiger partial charge in [-0.1, -0.05) is 46.3 Å². The molecule has 3 aliphatic carbocycles. The van der Waals surface area contributed by atoms with Gasteiger partial charge in [-0.25, -0.2) is 0 Å². The summed E-state index contributed by atoms with van der Waals surface area (Å²) in [6.45, 7) is 0. The van der Waals surface area contributed by atoms with E-state index in [1.165, 1.54) is 31.1 Å². The molecular weight excluding hydrogens is 572 g/mol. The standard InChI is InChI=1S/C28H25BrN2O8/c1-31(2)21-20-23(34)17-14(10-11-6-8-12(29)9-7-11)13-4-3-5-15(32)16(13)22(33)18(17)25(36)28(20,39)26(37)19(24(21)35)27(30)38/h3-10,17-21,23,32,34,39H,1-2H3,(H2,30,38)/t17-,18?,19?,20-,21+,23+,28+/m1/s1. The van der Waals surface area contributed by atoms with Crippen molar-refractivity contribution in [3.8, 4) is 5.75 Å². The molecule has 2 aromatic carbocycles. The number of rotatable bonds is 3. The monoisotopic (exact) mass is 596 g/mol. The molecule has 10 nitrogen and oxygen atoms in total. The Bertz CT molecular complexity index is 1480. The van der Waals surface area contributed by atoms with Gasteiger partial charge >= 0.3 is 0 Å². The van der Waals surface area contributed by atoms with Crippen molar-refractivity contribution in [3.63, 3.8) is 0 Å². The van der Waals surface area contributed by atoms with E-state index in [-0.39, 0.29) is 11.1 Å². The number of aliphatic hydroxyl groups is 2. The summed E-state index contributed by atoms with van der Waals surface area (Å²) in [5.41, 5.74) is 3.31. The molecule has 0 bridgehead atoms. The lowest BCUT2D eigenvalue weighted by molar-refractivity contribution is -0.192. The molecular formula is C28H25BrN2O8. The van der Waals surface area contributed by atoms with Crippen LogP contribution in [-0.4, -0.2) is 81.1 Å². The fourth-order valence-corrected chi connectivity index (χ4v) is 6.67. The molecule has 7 atom stereocenters. The van der Waals surface area contributed by atoms with Gasteiger partial charge in [0.25, 0.3) is 0 Å². The quantitative estimate of drug-likeness (QED) is 0.369. The molecule has 0 aliphatic heterocycles. The van der Waals surface area contributed by atoms with E-state index in [1.807, 2.05) is 0 Å².